The second-order valence-electron chi connectivity index (χ2n) is 5.15. The van der Waals surface area contributed by atoms with Crippen LogP contribution >= 0.6 is 7.26 Å². The smallest absolute Gasteiger partial charge is 0.524 e. The van der Waals surface area contributed by atoms with E-state index in [1.807, 2.05) is 0 Å². The molecule has 0 unspecified atom stereocenters. The SMILES string of the molecule is FC(F)(F)[P+](c1ccccc1)(c1ccccc1)c1ccccc1.[Br-]. The second-order valence-corrected chi connectivity index (χ2v) is 8.54. The van der Waals surface area contributed by atoms with Crippen LogP contribution in [-0.4, -0.2) is 5.92 Å². The molecule has 0 aliphatic heterocycles. The topological polar surface area (TPSA) is 0 Å². The first-order valence-electron chi connectivity index (χ1n) is 7.19. The Hall–Kier alpha value is -1.64. The van der Waals surface area contributed by atoms with Crippen molar-refractivity contribution >= 4 is 23.2 Å². The molecule has 0 amide bonds. The number of rotatable bonds is 3. The van der Waals surface area contributed by atoms with Crippen LogP contribution in [0.5, 0.6) is 0 Å². The zero-order chi connectivity index (χ0) is 16.3. The fraction of sp³-hybridized carbons (Fsp3) is 0.0526. The average Bonchev–Trinajstić information content (AvgIpc) is 2.57. The zero-order valence-corrected chi connectivity index (χ0v) is 15.1. The summed E-state index contributed by atoms with van der Waals surface area (Å²) in [6.45, 7) is 0. The summed E-state index contributed by atoms with van der Waals surface area (Å²) in [5.74, 6) is -4.36. The number of hydrogen-bond donors (Lipinski definition) is 0. The molecular weight excluding hydrogens is 396 g/mol. The van der Waals surface area contributed by atoms with Crippen molar-refractivity contribution in [3.05, 3.63) is 91.0 Å². The summed E-state index contributed by atoms with van der Waals surface area (Å²) >= 11 is 0. The van der Waals surface area contributed by atoms with Gasteiger partial charge in [-0.15, -0.1) is 13.2 Å². The highest BCUT2D eigenvalue weighted by Gasteiger charge is 2.67. The molecule has 0 saturated heterocycles. The van der Waals surface area contributed by atoms with Gasteiger partial charge in [0.05, 0.1) is 0 Å². The molecule has 0 N–H and O–H groups in total. The van der Waals surface area contributed by atoms with Gasteiger partial charge in [-0.1, -0.05) is 54.6 Å². The van der Waals surface area contributed by atoms with Crippen molar-refractivity contribution in [2.75, 3.05) is 0 Å². The molecule has 0 aliphatic rings. The van der Waals surface area contributed by atoms with E-state index in [1.165, 1.54) is 0 Å². The summed E-state index contributed by atoms with van der Waals surface area (Å²) in [7, 11) is -3.74. The summed E-state index contributed by atoms with van der Waals surface area (Å²) in [6, 6.07) is 24.7. The van der Waals surface area contributed by atoms with Gasteiger partial charge in [0.25, 0.3) is 0 Å². The van der Waals surface area contributed by atoms with Crippen LogP contribution in [0.2, 0.25) is 0 Å². The molecule has 0 fully saturated rings. The Kier molecular flexibility index (Phi) is 5.84. The van der Waals surface area contributed by atoms with Crippen LogP contribution in [0.15, 0.2) is 91.0 Å². The van der Waals surface area contributed by atoms with Crippen molar-refractivity contribution in [3.8, 4) is 0 Å². The lowest BCUT2D eigenvalue weighted by Gasteiger charge is -2.28. The average molecular weight is 411 g/mol. The monoisotopic (exact) mass is 410 g/mol. The van der Waals surface area contributed by atoms with Crippen molar-refractivity contribution in [3.63, 3.8) is 0 Å². The van der Waals surface area contributed by atoms with Gasteiger partial charge in [0.15, 0.2) is 0 Å². The van der Waals surface area contributed by atoms with Gasteiger partial charge in [0.1, 0.15) is 15.9 Å². The van der Waals surface area contributed by atoms with E-state index in [9.17, 15) is 13.2 Å². The number of benzene rings is 3. The lowest BCUT2D eigenvalue weighted by atomic mass is 10.4. The maximum absolute atomic E-state index is 14.5. The van der Waals surface area contributed by atoms with E-state index in [0.717, 1.165) is 0 Å². The highest BCUT2D eigenvalue weighted by Crippen LogP contribution is 2.67. The lowest BCUT2D eigenvalue weighted by molar-refractivity contribution is -0.0400. The molecule has 3 aromatic carbocycles. The third-order valence-corrected chi connectivity index (χ3v) is 7.79. The summed E-state index contributed by atoms with van der Waals surface area (Å²) in [5.41, 5.74) is 0. The molecule has 0 heterocycles. The Bertz CT molecular complexity index is 662. The first-order valence-corrected chi connectivity index (χ1v) is 8.98. The molecule has 0 atom stereocenters. The number of halogens is 4. The van der Waals surface area contributed by atoms with Crippen molar-refractivity contribution in [1.82, 2.24) is 0 Å². The van der Waals surface area contributed by atoms with Gasteiger partial charge in [-0.05, 0) is 36.4 Å². The summed E-state index contributed by atoms with van der Waals surface area (Å²) in [6.07, 6.45) is 0. The van der Waals surface area contributed by atoms with E-state index in [1.54, 1.807) is 91.0 Å². The molecular formula is C19H15BrF3P. The second kappa shape index (κ2) is 7.50. The Morgan fingerprint density at radius 1 is 0.500 bits per heavy atom. The molecule has 3 aromatic rings. The van der Waals surface area contributed by atoms with Gasteiger partial charge in [-0.3, -0.25) is 0 Å². The van der Waals surface area contributed by atoms with Gasteiger partial charge in [0, 0.05) is 0 Å². The molecule has 124 valence electrons. The molecule has 0 radical (unpaired) electrons. The van der Waals surface area contributed by atoms with Crippen LogP contribution in [-0.2, 0) is 0 Å². The lowest BCUT2D eigenvalue weighted by Crippen LogP contribution is -3.00. The quantitative estimate of drug-likeness (QED) is 0.574. The maximum Gasteiger partial charge on any atom is 0.524 e. The summed E-state index contributed by atoms with van der Waals surface area (Å²) in [5, 5.41) is 0.972. The Labute approximate surface area is 150 Å². The molecule has 0 spiro atoms. The molecule has 0 aliphatic carbocycles. The number of hydrogen-bond acceptors (Lipinski definition) is 0. The molecule has 0 bridgehead atoms. The molecule has 24 heavy (non-hydrogen) atoms. The Balaban J connectivity index is 0.00000208. The van der Waals surface area contributed by atoms with Crippen molar-refractivity contribution in [1.29, 1.82) is 0 Å². The first-order chi connectivity index (χ1) is 11.1. The highest BCUT2D eigenvalue weighted by atomic mass is 79.9. The van der Waals surface area contributed by atoms with Crippen molar-refractivity contribution < 1.29 is 30.2 Å². The number of alkyl halides is 3. The van der Waals surface area contributed by atoms with E-state index in [-0.39, 0.29) is 17.0 Å². The molecule has 5 heteroatoms. The van der Waals surface area contributed by atoms with Crippen LogP contribution in [0.1, 0.15) is 0 Å². The van der Waals surface area contributed by atoms with Gasteiger partial charge >= 0.3 is 5.92 Å². The normalized spacial score (nSPS) is 11.6. The zero-order valence-electron chi connectivity index (χ0n) is 12.6. The van der Waals surface area contributed by atoms with Crippen LogP contribution in [0.3, 0.4) is 0 Å². The van der Waals surface area contributed by atoms with Crippen LogP contribution in [0.25, 0.3) is 0 Å². The standard InChI is InChI=1S/C19H15F3P.BrH/c20-19(21,22)23(16-10-4-1-5-11-16,17-12-6-2-7-13-17)18-14-8-3-9-15-18;/h1-15H;1H/q+1;/p-1. The van der Waals surface area contributed by atoms with E-state index in [0.29, 0.717) is 15.9 Å². The van der Waals surface area contributed by atoms with E-state index >= 15 is 0 Å². The minimum atomic E-state index is -4.36. The summed E-state index contributed by atoms with van der Waals surface area (Å²) in [4.78, 5) is 0. The molecule has 0 aromatic heterocycles. The van der Waals surface area contributed by atoms with Crippen molar-refractivity contribution in [2.45, 2.75) is 5.92 Å². The first kappa shape index (κ1) is 18.7. The summed E-state index contributed by atoms with van der Waals surface area (Å²) < 4.78 is 43.4. The highest BCUT2D eigenvalue weighted by molar-refractivity contribution is 7.96. The van der Waals surface area contributed by atoms with E-state index in [4.69, 9.17) is 0 Å². The van der Waals surface area contributed by atoms with E-state index < -0.39 is 13.2 Å². The third-order valence-electron chi connectivity index (χ3n) is 3.81. The maximum atomic E-state index is 14.5. The predicted molar refractivity (Wildman–Crippen MR) is 91.2 cm³/mol. The molecule has 3 rings (SSSR count). The van der Waals surface area contributed by atoms with Gasteiger partial charge in [0.2, 0.25) is 7.26 Å². The van der Waals surface area contributed by atoms with Gasteiger partial charge < -0.3 is 17.0 Å². The predicted octanol–water partition coefficient (Wildman–Crippen LogP) is 1.50. The fourth-order valence-electron chi connectivity index (χ4n) is 2.84. The minimum absolute atomic E-state index is 0. The third kappa shape index (κ3) is 3.13. The van der Waals surface area contributed by atoms with Crippen LogP contribution in [0.4, 0.5) is 13.2 Å². The Morgan fingerprint density at radius 3 is 0.958 bits per heavy atom. The molecule has 0 saturated carbocycles. The van der Waals surface area contributed by atoms with Crippen molar-refractivity contribution in [2.24, 2.45) is 0 Å². The Morgan fingerprint density at radius 2 is 0.750 bits per heavy atom. The minimum Gasteiger partial charge on any atom is -1.00 e. The van der Waals surface area contributed by atoms with Crippen LogP contribution in [0, 0.1) is 0 Å². The van der Waals surface area contributed by atoms with Crippen LogP contribution < -0.4 is 32.9 Å². The fourth-order valence-corrected chi connectivity index (χ4v) is 6.47. The molecule has 0 nitrogen and oxygen atoms in total. The van der Waals surface area contributed by atoms with Gasteiger partial charge in [-0.25, -0.2) is 0 Å². The van der Waals surface area contributed by atoms with E-state index in [2.05, 4.69) is 0 Å². The van der Waals surface area contributed by atoms with Gasteiger partial charge in [-0.2, -0.15) is 0 Å². The largest absolute Gasteiger partial charge is 1.00 e.